The quantitative estimate of drug-likeness (QED) is 0.821. The Morgan fingerprint density at radius 2 is 1.94 bits per heavy atom. The highest BCUT2D eigenvalue weighted by atomic mass is 32.2. The number of aromatic hydroxyl groups is 1. The Morgan fingerprint density at radius 1 is 1.29 bits per heavy atom. The van der Waals surface area contributed by atoms with Crippen molar-refractivity contribution in [2.75, 3.05) is 18.1 Å². The van der Waals surface area contributed by atoms with E-state index in [9.17, 15) is 13.5 Å². The van der Waals surface area contributed by atoms with E-state index in [4.69, 9.17) is 5.73 Å². The van der Waals surface area contributed by atoms with Crippen LogP contribution in [0.25, 0.3) is 0 Å². The third-order valence-corrected chi connectivity index (χ3v) is 5.15. The van der Waals surface area contributed by atoms with Gasteiger partial charge in [0.2, 0.25) is 0 Å². The van der Waals surface area contributed by atoms with Gasteiger partial charge in [0.05, 0.1) is 11.5 Å². The van der Waals surface area contributed by atoms with Crippen LogP contribution in [0.4, 0.5) is 0 Å². The monoisotopic (exact) mass is 255 g/mol. The Bertz CT molecular complexity index is 481. The standard InChI is InChI=1S/C12H17NO3S/c13-7-10-5-6-17(15,16)8-12(10)9-1-3-11(14)4-2-9/h1-4,10,12,14H,5-8,13H2. The maximum atomic E-state index is 11.7. The van der Waals surface area contributed by atoms with Crippen LogP contribution in [-0.2, 0) is 9.84 Å². The normalized spacial score (nSPS) is 27.8. The van der Waals surface area contributed by atoms with E-state index in [0.717, 1.165) is 5.56 Å². The van der Waals surface area contributed by atoms with Gasteiger partial charge in [-0.2, -0.15) is 0 Å². The van der Waals surface area contributed by atoms with Gasteiger partial charge in [0.1, 0.15) is 5.75 Å². The van der Waals surface area contributed by atoms with Gasteiger partial charge in [-0.05, 0) is 36.6 Å². The summed E-state index contributed by atoms with van der Waals surface area (Å²) in [6.07, 6.45) is 0.629. The topological polar surface area (TPSA) is 80.4 Å². The summed E-state index contributed by atoms with van der Waals surface area (Å²) in [6, 6.07) is 6.74. The average Bonchev–Trinajstić information content (AvgIpc) is 2.29. The summed E-state index contributed by atoms with van der Waals surface area (Å²) in [6.45, 7) is 0.501. The van der Waals surface area contributed by atoms with Gasteiger partial charge >= 0.3 is 0 Å². The molecule has 17 heavy (non-hydrogen) atoms. The zero-order chi connectivity index (χ0) is 12.5. The van der Waals surface area contributed by atoms with Gasteiger partial charge < -0.3 is 10.8 Å². The second kappa shape index (κ2) is 4.66. The Kier molecular flexibility index (Phi) is 3.40. The molecule has 1 aliphatic rings. The molecular formula is C12H17NO3S. The second-order valence-corrected chi connectivity index (χ2v) is 6.83. The first-order chi connectivity index (χ1) is 8.02. The number of phenols is 1. The molecule has 1 aromatic carbocycles. The van der Waals surface area contributed by atoms with Crippen LogP contribution in [0, 0.1) is 5.92 Å². The van der Waals surface area contributed by atoms with Crippen LogP contribution in [0.5, 0.6) is 5.75 Å². The first-order valence-corrected chi connectivity index (χ1v) is 7.53. The zero-order valence-electron chi connectivity index (χ0n) is 9.54. The Balaban J connectivity index is 2.29. The Labute approximate surface area is 101 Å². The maximum Gasteiger partial charge on any atom is 0.150 e. The van der Waals surface area contributed by atoms with Gasteiger partial charge in [-0.15, -0.1) is 0 Å². The lowest BCUT2D eigenvalue weighted by Gasteiger charge is -2.30. The smallest absolute Gasteiger partial charge is 0.150 e. The van der Waals surface area contributed by atoms with E-state index in [1.165, 1.54) is 0 Å². The SMILES string of the molecule is NCC1CCS(=O)(=O)CC1c1ccc(O)cc1. The molecular weight excluding hydrogens is 238 g/mol. The van der Waals surface area contributed by atoms with Crippen molar-refractivity contribution in [1.29, 1.82) is 0 Å². The molecule has 1 aromatic rings. The first-order valence-electron chi connectivity index (χ1n) is 5.71. The molecule has 0 spiro atoms. The molecule has 3 N–H and O–H groups in total. The molecule has 2 rings (SSSR count). The van der Waals surface area contributed by atoms with E-state index in [1.54, 1.807) is 24.3 Å². The zero-order valence-corrected chi connectivity index (χ0v) is 10.4. The first kappa shape index (κ1) is 12.4. The van der Waals surface area contributed by atoms with Crippen molar-refractivity contribution in [3.63, 3.8) is 0 Å². The van der Waals surface area contributed by atoms with E-state index in [2.05, 4.69) is 0 Å². The fourth-order valence-corrected chi connectivity index (χ4v) is 4.24. The summed E-state index contributed by atoms with van der Waals surface area (Å²) >= 11 is 0. The number of hydrogen-bond donors (Lipinski definition) is 2. The van der Waals surface area contributed by atoms with Crippen molar-refractivity contribution in [1.82, 2.24) is 0 Å². The minimum absolute atomic E-state index is 0.0423. The molecule has 0 aromatic heterocycles. The maximum absolute atomic E-state index is 11.7. The number of phenolic OH excluding ortho intramolecular Hbond substituents is 1. The Morgan fingerprint density at radius 3 is 2.53 bits per heavy atom. The summed E-state index contributed by atoms with van der Waals surface area (Å²) < 4.78 is 23.3. The molecule has 0 amide bonds. The van der Waals surface area contributed by atoms with Crippen LogP contribution < -0.4 is 5.73 Å². The molecule has 0 saturated carbocycles. The van der Waals surface area contributed by atoms with Crippen LogP contribution in [-0.4, -0.2) is 31.6 Å². The molecule has 4 nitrogen and oxygen atoms in total. The van der Waals surface area contributed by atoms with Crippen molar-refractivity contribution >= 4 is 9.84 Å². The number of rotatable bonds is 2. The van der Waals surface area contributed by atoms with Gasteiger partial charge in [0.15, 0.2) is 9.84 Å². The number of sulfone groups is 1. The molecule has 0 aliphatic carbocycles. The van der Waals surface area contributed by atoms with E-state index in [0.29, 0.717) is 13.0 Å². The molecule has 2 atom stereocenters. The number of hydrogen-bond acceptors (Lipinski definition) is 4. The predicted octanol–water partition coefficient (Wildman–Crippen LogP) is 0.869. The minimum Gasteiger partial charge on any atom is -0.508 e. The molecule has 1 saturated heterocycles. The third kappa shape index (κ3) is 2.79. The average molecular weight is 255 g/mol. The lowest BCUT2D eigenvalue weighted by Crippen LogP contribution is -2.35. The van der Waals surface area contributed by atoms with Crippen LogP contribution in [0.2, 0.25) is 0 Å². The molecule has 1 heterocycles. The van der Waals surface area contributed by atoms with Gasteiger partial charge in [-0.3, -0.25) is 0 Å². The highest BCUT2D eigenvalue weighted by molar-refractivity contribution is 7.91. The summed E-state index contributed by atoms with van der Waals surface area (Å²) in [7, 11) is -2.95. The minimum atomic E-state index is -2.95. The number of nitrogens with two attached hydrogens (primary N) is 1. The third-order valence-electron chi connectivity index (χ3n) is 3.43. The summed E-state index contributed by atoms with van der Waals surface area (Å²) in [5.41, 5.74) is 6.65. The lowest BCUT2D eigenvalue weighted by molar-refractivity contribution is 0.420. The molecule has 1 aliphatic heterocycles. The number of benzene rings is 1. The fourth-order valence-electron chi connectivity index (χ4n) is 2.40. The van der Waals surface area contributed by atoms with Gasteiger partial charge in [-0.1, -0.05) is 12.1 Å². The van der Waals surface area contributed by atoms with Crippen molar-refractivity contribution in [3.8, 4) is 5.75 Å². The van der Waals surface area contributed by atoms with Crippen molar-refractivity contribution in [3.05, 3.63) is 29.8 Å². The molecule has 2 unspecified atom stereocenters. The summed E-state index contributed by atoms with van der Waals surface area (Å²) in [4.78, 5) is 0. The van der Waals surface area contributed by atoms with E-state index >= 15 is 0 Å². The van der Waals surface area contributed by atoms with E-state index < -0.39 is 9.84 Å². The van der Waals surface area contributed by atoms with Crippen LogP contribution in [0.3, 0.4) is 0 Å². The van der Waals surface area contributed by atoms with E-state index in [-0.39, 0.29) is 29.1 Å². The van der Waals surface area contributed by atoms with Crippen molar-refractivity contribution in [2.45, 2.75) is 12.3 Å². The lowest BCUT2D eigenvalue weighted by atomic mass is 9.85. The van der Waals surface area contributed by atoms with Crippen LogP contribution in [0.1, 0.15) is 17.9 Å². The van der Waals surface area contributed by atoms with Gasteiger partial charge in [-0.25, -0.2) is 8.42 Å². The highest BCUT2D eigenvalue weighted by Crippen LogP contribution is 2.33. The van der Waals surface area contributed by atoms with Crippen LogP contribution in [0.15, 0.2) is 24.3 Å². The molecule has 0 bridgehead atoms. The molecule has 94 valence electrons. The summed E-state index contributed by atoms with van der Waals surface area (Å²) in [5, 5.41) is 9.24. The largest absolute Gasteiger partial charge is 0.508 e. The summed E-state index contributed by atoms with van der Waals surface area (Å²) in [5.74, 6) is 0.766. The van der Waals surface area contributed by atoms with Crippen LogP contribution >= 0.6 is 0 Å². The van der Waals surface area contributed by atoms with Crippen molar-refractivity contribution in [2.24, 2.45) is 11.7 Å². The van der Waals surface area contributed by atoms with Gasteiger partial charge in [0.25, 0.3) is 0 Å². The molecule has 0 radical (unpaired) electrons. The Hall–Kier alpha value is -1.07. The molecule has 5 heteroatoms. The second-order valence-electron chi connectivity index (χ2n) is 4.60. The molecule has 1 fully saturated rings. The predicted molar refractivity (Wildman–Crippen MR) is 66.7 cm³/mol. The fraction of sp³-hybridized carbons (Fsp3) is 0.500. The van der Waals surface area contributed by atoms with E-state index in [1.807, 2.05) is 0 Å². The highest BCUT2D eigenvalue weighted by Gasteiger charge is 2.33. The van der Waals surface area contributed by atoms with Gasteiger partial charge in [0, 0.05) is 5.92 Å². The van der Waals surface area contributed by atoms with Crippen molar-refractivity contribution < 1.29 is 13.5 Å².